The molecular weight excluding hydrogens is 312 g/mol. The molecule has 1 aromatic carbocycles. The number of furan rings is 1. The maximum atomic E-state index is 12.6. The van der Waals surface area contributed by atoms with Crippen LogP contribution in [0.1, 0.15) is 42.4 Å². The van der Waals surface area contributed by atoms with Gasteiger partial charge in [-0.3, -0.25) is 9.69 Å². The minimum absolute atomic E-state index is 0.0632. The Morgan fingerprint density at radius 2 is 1.92 bits per heavy atom. The molecule has 0 saturated carbocycles. The number of nitrogens with zero attached hydrogens (tertiary/aromatic N) is 2. The topological polar surface area (TPSA) is 36.7 Å². The first-order valence-electron chi connectivity index (χ1n) is 9.24. The van der Waals surface area contributed by atoms with E-state index in [4.69, 9.17) is 4.42 Å². The third kappa shape index (κ3) is 3.36. The van der Waals surface area contributed by atoms with Crippen molar-refractivity contribution in [2.75, 3.05) is 13.1 Å². The first-order chi connectivity index (χ1) is 12.1. The fraction of sp³-hybridized carbons (Fsp3) is 0.476. The van der Waals surface area contributed by atoms with Gasteiger partial charge in [0, 0.05) is 43.7 Å². The summed E-state index contributed by atoms with van der Waals surface area (Å²) in [6.45, 7) is 5.89. The highest BCUT2D eigenvalue weighted by molar-refractivity contribution is 5.79. The second-order valence-corrected chi connectivity index (χ2v) is 7.60. The predicted molar refractivity (Wildman–Crippen MR) is 96.9 cm³/mol. The molecule has 0 unspecified atom stereocenters. The summed E-state index contributed by atoms with van der Waals surface area (Å²) >= 11 is 0. The highest BCUT2D eigenvalue weighted by Gasteiger charge is 2.46. The minimum atomic E-state index is 0.0632. The molecule has 2 saturated heterocycles. The summed E-state index contributed by atoms with van der Waals surface area (Å²) < 4.78 is 5.18. The predicted octanol–water partition coefficient (Wildman–Crippen LogP) is 3.75. The van der Waals surface area contributed by atoms with E-state index in [1.807, 2.05) is 12.3 Å². The van der Waals surface area contributed by atoms with Gasteiger partial charge in [0.25, 0.3) is 0 Å². The Bertz CT molecular complexity index is 730. The Balaban J connectivity index is 1.44. The molecule has 0 atom stereocenters. The van der Waals surface area contributed by atoms with Gasteiger partial charge in [-0.1, -0.05) is 29.8 Å². The second-order valence-electron chi connectivity index (χ2n) is 7.60. The lowest BCUT2D eigenvalue weighted by Gasteiger charge is -2.45. The molecule has 1 aromatic heterocycles. The zero-order chi connectivity index (χ0) is 17.3. The highest BCUT2D eigenvalue weighted by atomic mass is 16.3. The number of amides is 1. The van der Waals surface area contributed by atoms with Crippen LogP contribution in [-0.4, -0.2) is 34.3 Å². The van der Waals surface area contributed by atoms with Crippen molar-refractivity contribution in [3.05, 3.63) is 59.5 Å². The third-order valence-corrected chi connectivity index (χ3v) is 5.87. The van der Waals surface area contributed by atoms with Gasteiger partial charge in [-0.15, -0.1) is 0 Å². The number of benzene rings is 1. The molecular formula is C21H26N2O2. The molecule has 2 aromatic rings. The maximum Gasteiger partial charge on any atom is 0.223 e. The highest BCUT2D eigenvalue weighted by Crippen LogP contribution is 2.40. The van der Waals surface area contributed by atoms with Crippen LogP contribution in [0.15, 0.2) is 47.3 Å². The number of hydrogen-bond donors (Lipinski definition) is 0. The molecule has 25 heavy (non-hydrogen) atoms. The quantitative estimate of drug-likeness (QED) is 0.852. The summed E-state index contributed by atoms with van der Waals surface area (Å²) in [7, 11) is 0. The van der Waals surface area contributed by atoms with E-state index in [9.17, 15) is 4.79 Å². The monoisotopic (exact) mass is 338 g/mol. The van der Waals surface area contributed by atoms with E-state index in [0.717, 1.165) is 45.4 Å². The van der Waals surface area contributed by atoms with Gasteiger partial charge in [-0.2, -0.15) is 0 Å². The normalized spacial score (nSPS) is 20.5. The molecule has 132 valence electrons. The Labute approximate surface area is 149 Å². The van der Waals surface area contributed by atoms with E-state index in [2.05, 4.69) is 41.0 Å². The van der Waals surface area contributed by atoms with Crippen LogP contribution < -0.4 is 0 Å². The molecule has 0 radical (unpaired) electrons. The van der Waals surface area contributed by atoms with Gasteiger partial charge in [-0.25, -0.2) is 0 Å². The minimum Gasteiger partial charge on any atom is -0.472 e. The number of carbonyl (C=O) groups is 1. The van der Waals surface area contributed by atoms with Crippen molar-refractivity contribution in [3.8, 4) is 0 Å². The van der Waals surface area contributed by atoms with E-state index in [1.165, 1.54) is 16.7 Å². The maximum absolute atomic E-state index is 12.6. The van der Waals surface area contributed by atoms with E-state index < -0.39 is 0 Å². The second kappa shape index (κ2) is 6.68. The van der Waals surface area contributed by atoms with Crippen LogP contribution in [0.25, 0.3) is 0 Å². The standard InChI is InChI=1S/C21H26N2O2/c1-17-3-2-4-18(13-17)15-23-20(24)5-7-21(23)8-10-22(11-9-21)14-19-6-12-25-16-19/h2-4,6,12-13,16H,5,7-11,14-15H2,1H3. The summed E-state index contributed by atoms with van der Waals surface area (Å²) in [6, 6.07) is 10.6. The average molecular weight is 338 g/mol. The summed E-state index contributed by atoms with van der Waals surface area (Å²) in [5.74, 6) is 0.324. The molecule has 3 heterocycles. The van der Waals surface area contributed by atoms with Gasteiger partial charge in [-0.05, 0) is 37.8 Å². The van der Waals surface area contributed by atoms with Crippen molar-refractivity contribution in [2.24, 2.45) is 0 Å². The molecule has 4 rings (SSSR count). The Morgan fingerprint density at radius 1 is 1.08 bits per heavy atom. The third-order valence-electron chi connectivity index (χ3n) is 5.87. The fourth-order valence-electron chi connectivity index (χ4n) is 4.41. The summed E-state index contributed by atoms with van der Waals surface area (Å²) in [5.41, 5.74) is 3.80. The van der Waals surface area contributed by atoms with Crippen LogP contribution in [0.3, 0.4) is 0 Å². The smallest absolute Gasteiger partial charge is 0.223 e. The van der Waals surface area contributed by atoms with E-state index in [1.54, 1.807) is 6.26 Å². The molecule has 4 nitrogen and oxygen atoms in total. The largest absolute Gasteiger partial charge is 0.472 e. The number of piperidine rings is 1. The molecule has 0 bridgehead atoms. The SMILES string of the molecule is Cc1cccc(CN2C(=O)CCC23CCN(Cc2ccoc2)CC3)c1. The van der Waals surface area contributed by atoms with Gasteiger partial charge >= 0.3 is 0 Å². The van der Waals surface area contributed by atoms with Gasteiger partial charge in [0.05, 0.1) is 12.5 Å². The number of carbonyl (C=O) groups excluding carboxylic acids is 1. The Hall–Kier alpha value is -2.07. The molecule has 4 heteroatoms. The van der Waals surface area contributed by atoms with E-state index in [-0.39, 0.29) is 5.54 Å². The van der Waals surface area contributed by atoms with Crippen LogP contribution >= 0.6 is 0 Å². The number of likely N-dealkylation sites (tertiary alicyclic amines) is 2. The summed E-state index contributed by atoms with van der Waals surface area (Å²) in [4.78, 5) is 17.2. The molecule has 2 aliphatic heterocycles. The van der Waals surface area contributed by atoms with Crippen molar-refractivity contribution in [3.63, 3.8) is 0 Å². The van der Waals surface area contributed by atoms with Crippen molar-refractivity contribution in [1.82, 2.24) is 9.80 Å². The molecule has 2 aliphatic rings. The van der Waals surface area contributed by atoms with Crippen molar-refractivity contribution >= 4 is 5.91 Å². The van der Waals surface area contributed by atoms with Crippen LogP contribution in [-0.2, 0) is 17.9 Å². The number of rotatable bonds is 4. The summed E-state index contributed by atoms with van der Waals surface area (Å²) in [6.07, 6.45) is 7.42. The first kappa shape index (κ1) is 16.4. The molecule has 0 N–H and O–H groups in total. The van der Waals surface area contributed by atoms with Gasteiger partial charge in [0.15, 0.2) is 0 Å². The van der Waals surface area contributed by atoms with Gasteiger partial charge in [0.1, 0.15) is 0 Å². The first-order valence-corrected chi connectivity index (χ1v) is 9.24. The van der Waals surface area contributed by atoms with Crippen molar-refractivity contribution < 1.29 is 9.21 Å². The molecule has 0 aliphatic carbocycles. The molecule has 1 spiro atoms. The summed E-state index contributed by atoms with van der Waals surface area (Å²) in [5, 5.41) is 0. The van der Waals surface area contributed by atoms with Crippen LogP contribution in [0.4, 0.5) is 0 Å². The van der Waals surface area contributed by atoms with Crippen molar-refractivity contribution in [2.45, 2.75) is 51.2 Å². The zero-order valence-corrected chi connectivity index (χ0v) is 14.9. The molecule has 2 fully saturated rings. The van der Waals surface area contributed by atoms with Gasteiger partial charge in [0.2, 0.25) is 5.91 Å². The van der Waals surface area contributed by atoms with Crippen LogP contribution in [0, 0.1) is 6.92 Å². The lowest BCUT2D eigenvalue weighted by molar-refractivity contribution is -0.133. The Kier molecular flexibility index (Phi) is 4.38. The van der Waals surface area contributed by atoms with Gasteiger partial charge < -0.3 is 9.32 Å². The zero-order valence-electron chi connectivity index (χ0n) is 14.9. The number of hydrogen-bond acceptors (Lipinski definition) is 3. The van der Waals surface area contributed by atoms with E-state index in [0.29, 0.717) is 12.3 Å². The molecule has 1 amide bonds. The van der Waals surface area contributed by atoms with E-state index >= 15 is 0 Å². The fourth-order valence-corrected chi connectivity index (χ4v) is 4.41. The van der Waals surface area contributed by atoms with Crippen LogP contribution in [0.2, 0.25) is 0 Å². The Morgan fingerprint density at radius 3 is 2.64 bits per heavy atom. The average Bonchev–Trinajstić information content (AvgIpc) is 3.21. The number of aryl methyl sites for hydroxylation is 1. The lowest BCUT2D eigenvalue weighted by Crippen LogP contribution is -2.52. The lowest BCUT2D eigenvalue weighted by atomic mass is 9.84. The van der Waals surface area contributed by atoms with Crippen molar-refractivity contribution in [1.29, 1.82) is 0 Å². The van der Waals surface area contributed by atoms with Crippen LogP contribution in [0.5, 0.6) is 0 Å².